The molecule has 0 bridgehead atoms. The molecule has 5 heteroatoms. The van der Waals surface area contributed by atoms with Crippen LogP contribution >= 0.6 is 22.9 Å². The SMILES string of the molecule is CN(CC1CC(O)C1)C(=O)c1sc2ccccc2c1Cl. The number of rotatable bonds is 3. The van der Waals surface area contributed by atoms with E-state index < -0.39 is 0 Å². The summed E-state index contributed by atoms with van der Waals surface area (Å²) in [5.74, 6) is 0.379. The number of amides is 1. The molecule has 0 aliphatic heterocycles. The number of hydrogen-bond acceptors (Lipinski definition) is 3. The van der Waals surface area contributed by atoms with Crippen LogP contribution in [-0.2, 0) is 0 Å². The van der Waals surface area contributed by atoms with Gasteiger partial charge < -0.3 is 10.0 Å². The van der Waals surface area contributed by atoms with E-state index in [2.05, 4.69) is 0 Å². The van der Waals surface area contributed by atoms with Gasteiger partial charge in [0, 0.05) is 23.7 Å². The normalized spacial score (nSPS) is 21.8. The minimum atomic E-state index is -0.184. The van der Waals surface area contributed by atoms with E-state index >= 15 is 0 Å². The lowest BCUT2D eigenvalue weighted by molar-refractivity contribution is 0.0266. The Balaban J connectivity index is 1.79. The molecule has 1 saturated carbocycles. The van der Waals surface area contributed by atoms with E-state index in [1.165, 1.54) is 11.3 Å². The first kappa shape index (κ1) is 13.9. The number of carbonyl (C=O) groups excluding carboxylic acids is 1. The van der Waals surface area contributed by atoms with Crippen molar-refractivity contribution in [3.05, 3.63) is 34.2 Å². The second-order valence-electron chi connectivity index (χ2n) is 5.42. The molecule has 1 aromatic carbocycles. The van der Waals surface area contributed by atoms with Gasteiger partial charge in [-0.1, -0.05) is 29.8 Å². The third kappa shape index (κ3) is 2.43. The number of aliphatic hydroxyl groups excluding tert-OH is 1. The van der Waals surface area contributed by atoms with Crippen LogP contribution in [0.15, 0.2) is 24.3 Å². The molecule has 0 radical (unpaired) electrons. The highest BCUT2D eigenvalue weighted by Gasteiger charge is 2.30. The number of aliphatic hydroxyl groups is 1. The standard InChI is InChI=1S/C15H16ClNO2S/c1-17(8-9-6-10(18)7-9)15(19)14-13(16)11-4-2-3-5-12(11)20-14/h2-5,9-10,18H,6-8H2,1H3. The van der Waals surface area contributed by atoms with E-state index in [1.54, 1.807) is 11.9 Å². The number of thiophene rings is 1. The zero-order valence-corrected chi connectivity index (χ0v) is 12.7. The van der Waals surface area contributed by atoms with Gasteiger partial charge in [-0.25, -0.2) is 0 Å². The van der Waals surface area contributed by atoms with Crippen molar-refractivity contribution >= 4 is 38.9 Å². The molecular weight excluding hydrogens is 294 g/mol. The lowest BCUT2D eigenvalue weighted by Gasteiger charge is -2.34. The van der Waals surface area contributed by atoms with E-state index in [9.17, 15) is 9.90 Å². The summed E-state index contributed by atoms with van der Waals surface area (Å²) in [7, 11) is 1.80. The highest BCUT2D eigenvalue weighted by Crippen LogP contribution is 2.36. The van der Waals surface area contributed by atoms with E-state index in [0.29, 0.717) is 22.4 Å². The zero-order valence-electron chi connectivity index (χ0n) is 11.2. The van der Waals surface area contributed by atoms with Gasteiger partial charge in [-0.2, -0.15) is 0 Å². The van der Waals surface area contributed by atoms with Crippen LogP contribution in [0.2, 0.25) is 5.02 Å². The fourth-order valence-electron chi connectivity index (χ4n) is 2.64. The quantitative estimate of drug-likeness (QED) is 0.944. The topological polar surface area (TPSA) is 40.5 Å². The molecule has 2 aromatic rings. The first-order valence-corrected chi connectivity index (χ1v) is 7.86. The Morgan fingerprint density at radius 3 is 2.80 bits per heavy atom. The van der Waals surface area contributed by atoms with Crippen molar-refractivity contribution in [3.63, 3.8) is 0 Å². The summed E-state index contributed by atoms with van der Waals surface area (Å²) in [5, 5.41) is 10.8. The largest absolute Gasteiger partial charge is 0.393 e. The van der Waals surface area contributed by atoms with Gasteiger partial charge in [-0.3, -0.25) is 4.79 Å². The summed E-state index contributed by atoms with van der Waals surface area (Å²) in [5.41, 5.74) is 0. The molecule has 3 rings (SSSR count). The lowest BCUT2D eigenvalue weighted by Crippen LogP contribution is -2.39. The van der Waals surface area contributed by atoms with Gasteiger partial charge in [0.05, 0.1) is 11.1 Å². The third-order valence-electron chi connectivity index (χ3n) is 3.82. The van der Waals surface area contributed by atoms with Gasteiger partial charge in [0.25, 0.3) is 5.91 Å². The van der Waals surface area contributed by atoms with Gasteiger partial charge in [-0.15, -0.1) is 11.3 Å². The predicted octanol–water partition coefficient (Wildman–Crippen LogP) is 3.40. The van der Waals surface area contributed by atoms with Crippen molar-refractivity contribution in [1.29, 1.82) is 0 Å². The molecule has 1 aromatic heterocycles. The van der Waals surface area contributed by atoms with Crippen molar-refractivity contribution in [2.45, 2.75) is 18.9 Å². The molecule has 1 amide bonds. The molecule has 0 saturated heterocycles. The molecule has 1 fully saturated rings. The average Bonchev–Trinajstić information content (AvgIpc) is 2.74. The van der Waals surface area contributed by atoms with Gasteiger partial charge in [0.2, 0.25) is 0 Å². The van der Waals surface area contributed by atoms with Crippen LogP contribution < -0.4 is 0 Å². The highest BCUT2D eigenvalue weighted by molar-refractivity contribution is 7.21. The summed E-state index contributed by atoms with van der Waals surface area (Å²) >= 11 is 7.77. The van der Waals surface area contributed by atoms with Crippen molar-refractivity contribution in [1.82, 2.24) is 4.90 Å². The first-order chi connectivity index (χ1) is 9.56. The lowest BCUT2D eigenvalue weighted by atomic mass is 9.82. The van der Waals surface area contributed by atoms with Crippen molar-refractivity contribution in [2.24, 2.45) is 5.92 Å². The fourth-order valence-corrected chi connectivity index (χ4v) is 4.15. The Labute approximate surface area is 126 Å². The molecule has 1 heterocycles. The first-order valence-electron chi connectivity index (χ1n) is 6.67. The minimum absolute atomic E-state index is 0.0300. The molecule has 20 heavy (non-hydrogen) atoms. The minimum Gasteiger partial charge on any atom is -0.393 e. The van der Waals surface area contributed by atoms with Crippen LogP contribution in [0.4, 0.5) is 0 Å². The molecule has 0 atom stereocenters. The predicted molar refractivity (Wildman–Crippen MR) is 82.5 cm³/mol. The summed E-state index contributed by atoms with van der Waals surface area (Å²) in [6, 6.07) is 7.79. The Bertz CT molecular complexity index is 648. The van der Waals surface area contributed by atoms with Crippen molar-refractivity contribution in [3.8, 4) is 0 Å². The van der Waals surface area contributed by atoms with Crippen molar-refractivity contribution < 1.29 is 9.90 Å². The molecule has 1 aliphatic rings. The van der Waals surface area contributed by atoms with Crippen LogP contribution in [-0.4, -0.2) is 35.6 Å². The number of benzene rings is 1. The van der Waals surface area contributed by atoms with Gasteiger partial charge in [0.1, 0.15) is 4.88 Å². The Morgan fingerprint density at radius 1 is 1.45 bits per heavy atom. The van der Waals surface area contributed by atoms with Crippen LogP contribution in [0, 0.1) is 5.92 Å². The maximum atomic E-state index is 12.5. The number of hydrogen-bond donors (Lipinski definition) is 1. The molecule has 106 valence electrons. The number of halogens is 1. The molecular formula is C15H16ClNO2S. The molecule has 3 nitrogen and oxygen atoms in total. The van der Waals surface area contributed by atoms with E-state index in [1.807, 2.05) is 24.3 Å². The van der Waals surface area contributed by atoms with Crippen molar-refractivity contribution in [2.75, 3.05) is 13.6 Å². The van der Waals surface area contributed by atoms with Crippen LogP contribution in [0.1, 0.15) is 22.5 Å². The molecule has 1 aliphatic carbocycles. The fraction of sp³-hybridized carbons (Fsp3) is 0.400. The summed E-state index contributed by atoms with van der Waals surface area (Å²) < 4.78 is 1.04. The van der Waals surface area contributed by atoms with Gasteiger partial charge in [0.15, 0.2) is 0 Å². The second-order valence-corrected chi connectivity index (χ2v) is 6.85. The monoisotopic (exact) mass is 309 g/mol. The zero-order chi connectivity index (χ0) is 14.3. The van der Waals surface area contributed by atoms with Crippen LogP contribution in [0.5, 0.6) is 0 Å². The van der Waals surface area contributed by atoms with Gasteiger partial charge >= 0.3 is 0 Å². The molecule has 0 unspecified atom stereocenters. The maximum absolute atomic E-state index is 12.5. The number of fused-ring (bicyclic) bond motifs is 1. The van der Waals surface area contributed by atoms with E-state index in [4.69, 9.17) is 11.6 Å². The molecule has 0 spiro atoms. The van der Waals surface area contributed by atoms with E-state index in [0.717, 1.165) is 22.9 Å². The third-order valence-corrected chi connectivity index (χ3v) is 5.48. The summed E-state index contributed by atoms with van der Waals surface area (Å²) in [6.07, 6.45) is 1.40. The average molecular weight is 310 g/mol. The Hall–Kier alpha value is -1.10. The Morgan fingerprint density at radius 2 is 2.15 bits per heavy atom. The Kier molecular flexibility index (Phi) is 3.71. The highest BCUT2D eigenvalue weighted by atomic mass is 35.5. The van der Waals surface area contributed by atoms with Crippen LogP contribution in [0.25, 0.3) is 10.1 Å². The number of carbonyl (C=O) groups is 1. The molecule has 1 N–H and O–H groups in total. The van der Waals surface area contributed by atoms with Crippen LogP contribution in [0.3, 0.4) is 0 Å². The summed E-state index contributed by atoms with van der Waals surface area (Å²) in [6.45, 7) is 0.681. The second kappa shape index (κ2) is 5.35. The maximum Gasteiger partial charge on any atom is 0.265 e. The summed E-state index contributed by atoms with van der Waals surface area (Å²) in [4.78, 5) is 14.8. The number of nitrogens with zero attached hydrogens (tertiary/aromatic N) is 1. The van der Waals surface area contributed by atoms with E-state index in [-0.39, 0.29) is 12.0 Å². The van der Waals surface area contributed by atoms with Gasteiger partial charge in [-0.05, 0) is 24.8 Å². The smallest absolute Gasteiger partial charge is 0.265 e.